The van der Waals surface area contributed by atoms with Crippen molar-refractivity contribution >= 4 is 23.5 Å². The van der Waals surface area contributed by atoms with E-state index in [1.165, 1.54) is 106 Å². The third-order valence-electron chi connectivity index (χ3n) is 24.0. The molecule has 0 aliphatic heterocycles. The van der Waals surface area contributed by atoms with Gasteiger partial charge < -0.3 is 20.4 Å². The van der Waals surface area contributed by atoms with E-state index in [1.54, 1.807) is 54.6 Å². The van der Waals surface area contributed by atoms with Gasteiger partial charge in [0.05, 0.1) is 19.7 Å². The Hall–Kier alpha value is -15.0. The monoisotopic (exact) mass is 2600 g/mol. The van der Waals surface area contributed by atoms with Crippen molar-refractivity contribution in [3.8, 4) is 101 Å². The Morgan fingerprint density at radius 2 is 0.552 bits per heavy atom. The van der Waals surface area contributed by atoms with Crippen LogP contribution in [-0.2, 0) is 85.8 Å². The van der Waals surface area contributed by atoms with E-state index >= 15 is 0 Å². The van der Waals surface area contributed by atoms with Crippen molar-refractivity contribution in [1.82, 2.24) is 29.9 Å². The van der Waals surface area contributed by atoms with Gasteiger partial charge in [0.15, 0.2) is 17.1 Å². The molecule has 0 amide bonds. The molecular formula is C122H87F7Ir4N10-4. The molecule has 0 saturated heterocycles. The Balaban J connectivity index is 0.000000182. The summed E-state index contributed by atoms with van der Waals surface area (Å²) in [6.45, 7) is 23.9. The Morgan fingerprint density at radius 1 is 0.301 bits per heavy atom. The predicted octanol–water partition coefficient (Wildman–Crippen LogP) is 32.5. The van der Waals surface area contributed by atoms with Crippen LogP contribution < -0.4 is 0 Å². The molecule has 6 heterocycles. The molecule has 10 nitrogen and oxygen atoms in total. The van der Waals surface area contributed by atoms with Crippen LogP contribution in [0.25, 0.3) is 120 Å². The number of aryl methyl sites for hydroxylation is 2. The summed E-state index contributed by atoms with van der Waals surface area (Å²) in [7, 11) is 0. The van der Waals surface area contributed by atoms with Gasteiger partial charge in [0.1, 0.15) is 0 Å². The van der Waals surface area contributed by atoms with Crippen molar-refractivity contribution in [2.75, 3.05) is 0 Å². The van der Waals surface area contributed by atoms with E-state index in [0.717, 1.165) is 85.0 Å². The summed E-state index contributed by atoms with van der Waals surface area (Å²) in [5.41, 5.74) is 26.4. The predicted molar refractivity (Wildman–Crippen MR) is 541 cm³/mol. The number of hydrogen-bond donors (Lipinski definition) is 0. The molecule has 0 N–H and O–H groups in total. The molecule has 1 fully saturated rings. The number of rotatable bonds is 17. The third kappa shape index (κ3) is 27.2. The molecule has 143 heavy (non-hydrogen) atoms. The minimum Gasteiger partial charge on any atom is -0.785 e. The van der Waals surface area contributed by atoms with Gasteiger partial charge in [-0.2, -0.15) is 0 Å². The van der Waals surface area contributed by atoms with Crippen LogP contribution in [0.15, 0.2) is 414 Å². The van der Waals surface area contributed by atoms with E-state index in [-0.39, 0.29) is 114 Å². The van der Waals surface area contributed by atoms with Gasteiger partial charge >= 0.3 is 0 Å². The van der Waals surface area contributed by atoms with E-state index in [9.17, 15) is 30.7 Å². The van der Waals surface area contributed by atoms with Gasteiger partial charge in [-0.1, -0.05) is 297 Å². The van der Waals surface area contributed by atoms with Crippen LogP contribution in [-0.4, -0.2) is 36.4 Å². The average molecular weight is 2590 g/mol. The fourth-order valence-electron chi connectivity index (χ4n) is 17.1. The number of hydrogen-bond acceptors (Lipinski definition) is 6. The van der Waals surface area contributed by atoms with Crippen LogP contribution in [0.1, 0.15) is 99.6 Å². The van der Waals surface area contributed by atoms with Crippen molar-refractivity contribution in [1.29, 1.82) is 0 Å². The molecule has 13 aromatic carbocycles. The Morgan fingerprint density at radius 3 is 0.811 bits per heavy atom. The molecule has 1 aliphatic rings. The van der Waals surface area contributed by atoms with Crippen LogP contribution in [0.5, 0.6) is 0 Å². The van der Waals surface area contributed by atoms with Gasteiger partial charge in [-0.05, 0) is 218 Å². The van der Waals surface area contributed by atoms with Crippen LogP contribution in [0.3, 0.4) is 0 Å². The number of pyridine rings is 6. The second-order valence-electron chi connectivity index (χ2n) is 32.8. The first-order chi connectivity index (χ1) is 68.0. The second-order valence-corrected chi connectivity index (χ2v) is 32.8. The summed E-state index contributed by atoms with van der Waals surface area (Å²) in [6, 6.07) is 130. The quantitative estimate of drug-likeness (QED) is 0.0388. The first-order valence-electron chi connectivity index (χ1n) is 44.8. The number of nitrogens with zero attached hydrogens (tertiary/aromatic N) is 10. The maximum absolute atomic E-state index is 13.7. The maximum Gasteiger partial charge on any atom is 0.176 e. The zero-order chi connectivity index (χ0) is 96.8. The topological polar surface area (TPSA) is 113 Å². The standard InChI is InChI=1S/C46H44.C39H27N3.3C12H5F2N2.CHFN.4Ir/c1-34-16-20-38(21-17-34)44(36-12-6-3-7-13-36)40-24-28-42(29-25-40)46(32-10-5-11-33-46)43-30-26-41(27-31-43)45(37-14-8-4-9-15-37)39-22-18-35(2)19-23-39;1-7-28(34-13-4-16-40-25-34)19-31(10-1)37-22-38(32-11-2-8-29(20-32)35-14-5-17-41-26-35)24-39(23-37)33-12-3-9-30(21-33)36-15-6-18-42-27-36;3*1-15-12-9(13)6-5-8(11(12)14)10-4-2-3-7-16-10;2-1-3;;;;/h3-4,6-9,12-31,44-45H,5,10-11,32-33H2,1-2H3;1-27H;3*2-4,6-7H;1H;;;;/q;;4*-1;;;;. The normalized spacial score (nSPS) is 11.6. The molecule has 2 unspecified atom stereocenters. The number of halogens is 7. The van der Waals surface area contributed by atoms with E-state index in [2.05, 4.69) is 343 Å². The molecule has 19 aromatic rings. The third-order valence-corrected chi connectivity index (χ3v) is 24.0. The molecule has 1 saturated carbocycles. The zero-order valence-corrected chi connectivity index (χ0v) is 86.6. The molecule has 4 radical (unpaired) electrons. The summed E-state index contributed by atoms with van der Waals surface area (Å²) in [6.07, 6.45) is 21.9. The Labute approximate surface area is 882 Å². The molecule has 0 spiro atoms. The maximum atomic E-state index is 13.7. The molecule has 20 rings (SSSR count). The van der Waals surface area contributed by atoms with Crippen LogP contribution in [0, 0.1) is 86.7 Å². The molecule has 6 aromatic heterocycles. The van der Waals surface area contributed by atoms with E-state index in [1.807, 2.05) is 55.4 Å². The fraction of sp³-hybridized carbons (Fsp3) is 0.0820. The fourth-order valence-corrected chi connectivity index (χ4v) is 17.1. The summed E-state index contributed by atoms with van der Waals surface area (Å²) in [5, 5.41) is 6.78. The minimum atomic E-state index is -0.922. The Kier molecular flexibility index (Phi) is 40.6. The zero-order valence-electron chi connectivity index (χ0n) is 77.0. The average Bonchev–Trinajstić information content (AvgIpc) is 0.755. The largest absolute Gasteiger partial charge is 0.785 e. The summed E-state index contributed by atoms with van der Waals surface area (Å²) in [4.78, 5) is 33.2. The minimum absolute atomic E-state index is 0. The first kappa shape index (κ1) is 108. The SMILES string of the molecule is Cc1ccc(C(c2ccccc2)c2ccc(C3(c4ccc(C(c5ccccc5)c5ccc(C)cc5)cc4)CCCCC3)cc2)cc1.[C-]#[N+]c1c(F)c[c-]c(-c2ccccn2)c1F.[C-]#[N+]c1c(F)c[c-]c(-c2ccccn2)c1F.[C-]#[N+]c1c(F)c[c-]c(-c2ccccn2)c1F.[Ir].[Ir].[Ir].[Ir].[N-]=CF.c1cncc(-c2cccc(-c3cc(-c4cccc(-c5cccnc5)c4)cc(-c4cccc(-c5cccnc5)c4)c3)c2)c1. The van der Waals surface area contributed by atoms with Crippen molar-refractivity contribution in [2.45, 2.75) is 63.2 Å². The van der Waals surface area contributed by atoms with Crippen molar-refractivity contribution < 1.29 is 111 Å². The van der Waals surface area contributed by atoms with Crippen LogP contribution in [0.4, 0.5) is 47.8 Å². The summed E-state index contributed by atoms with van der Waals surface area (Å²) in [5.74, 6) is -5.06. The van der Waals surface area contributed by atoms with Gasteiger partial charge in [-0.3, -0.25) is 55.8 Å². The van der Waals surface area contributed by atoms with E-state index in [0.29, 0.717) is 17.1 Å². The van der Waals surface area contributed by atoms with E-state index < -0.39 is 58.4 Å². The Bertz CT molecular complexity index is 6860. The number of benzene rings is 13. The van der Waals surface area contributed by atoms with Crippen molar-refractivity contribution in [3.63, 3.8) is 0 Å². The van der Waals surface area contributed by atoms with Gasteiger partial charge in [0.25, 0.3) is 0 Å². The van der Waals surface area contributed by atoms with Gasteiger partial charge in [0.2, 0.25) is 0 Å². The van der Waals surface area contributed by atoms with Gasteiger partial charge in [-0.15, -0.1) is 53.1 Å². The molecule has 1 aliphatic carbocycles. The molecule has 714 valence electrons. The van der Waals surface area contributed by atoms with Gasteiger partial charge in [-0.25, -0.2) is 4.39 Å². The smallest absolute Gasteiger partial charge is 0.176 e. The van der Waals surface area contributed by atoms with Crippen LogP contribution in [0.2, 0.25) is 0 Å². The van der Waals surface area contributed by atoms with Crippen molar-refractivity contribution in [2.24, 2.45) is 0 Å². The first-order valence-corrected chi connectivity index (χ1v) is 44.8. The van der Waals surface area contributed by atoms with Crippen molar-refractivity contribution in [3.05, 3.63) is 562 Å². The number of aromatic nitrogens is 6. The van der Waals surface area contributed by atoms with E-state index in [4.69, 9.17) is 25.1 Å². The molecule has 21 heteroatoms. The second kappa shape index (κ2) is 53.6. The summed E-state index contributed by atoms with van der Waals surface area (Å²) < 4.78 is 89.9. The molecule has 2 atom stereocenters. The molecule has 0 bridgehead atoms. The van der Waals surface area contributed by atoms with Gasteiger partial charge in [0, 0.05) is 205 Å². The molecular weight excluding hydrogens is 2510 g/mol. The summed E-state index contributed by atoms with van der Waals surface area (Å²) >= 11 is 0. The van der Waals surface area contributed by atoms with Crippen LogP contribution >= 0.6 is 0 Å².